The van der Waals surface area contributed by atoms with Gasteiger partial charge < -0.3 is 15.5 Å². The summed E-state index contributed by atoms with van der Waals surface area (Å²) in [6.45, 7) is 8.55. The first-order valence-corrected chi connectivity index (χ1v) is 12.1. The number of likely N-dealkylation sites (tertiary alicyclic amines) is 1. The van der Waals surface area contributed by atoms with Gasteiger partial charge in [0.25, 0.3) is 5.91 Å². The summed E-state index contributed by atoms with van der Waals surface area (Å²) in [5.74, 6) is 0.428. The fraction of sp³-hybridized carbons (Fsp3) is 0.640. The third-order valence-corrected chi connectivity index (χ3v) is 7.59. The third-order valence-electron chi connectivity index (χ3n) is 7.59. The number of aryl methyl sites for hydroxylation is 1. The van der Waals surface area contributed by atoms with Crippen LogP contribution in [0.1, 0.15) is 55.5 Å². The van der Waals surface area contributed by atoms with E-state index in [0.29, 0.717) is 18.9 Å². The van der Waals surface area contributed by atoms with Crippen LogP contribution < -0.4 is 16.1 Å². The van der Waals surface area contributed by atoms with E-state index in [1.165, 1.54) is 0 Å². The van der Waals surface area contributed by atoms with Gasteiger partial charge in [0.05, 0.1) is 18.4 Å². The molecule has 1 saturated carbocycles. The van der Waals surface area contributed by atoms with Crippen molar-refractivity contribution < 1.29 is 9.59 Å². The number of amides is 2. The Balaban J connectivity index is 1.32. The number of carbonyl (C=O) groups excluding carboxylic acids is 2. The normalized spacial score (nSPS) is 29.5. The van der Waals surface area contributed by atoms with Gasteiger partial charge in [-0.1, -0.05) is 13.8 Å². The molecule has 4 aliphatic rings. The van der Waals surface area contributed by atoms with Gasteiger partial charge in [-0.15, -0.1) is 0 Å². The van der Waals surface area contributed by atoms with Crippen LogP contribution in [0.25, 0.3) is 0 Å². The van der Waals surface area contributed by atoms with Gasteiger partial charge in [-0.3, -0.25) is 9.59 Å². The zero-order chi connectivity index (χ0) is 23.3. The summed E-state index contributed by atoms with van der Waals surface area (Å²) >= 11 is 0. The lowest BCUT2D eigenvalue weighted by atomic mass is 9.84. The number of anilines is 1. The minimum absolute atomic E-state index is 0.0502. The fourth-order valence-corrected chi connectivity index (χ4v) is 5.84. The van der Waals surface area contributed by atoms with Crippen molar-refractivity contribution in [3.63, 3.8) is 0 Å². The van der Waals surface area contributed by atoms with Crippen molar-refractivity contribution in [1.82, 2.24) is 20.7 Å². The van der Waals surface area contributed by atoms with Gasteiger partial charge in [-0.2, -0.15) is 5.26 Å². The van der Waals surface area contributed by atoms with E-state index in [1.54, 1.807) is 0 Å². The number of hydrazine groups is 1. The van der Waals surface area contributed by atoms with E-state index in [9.17, 15) is 14.9 Å². The first-order valence-electron chi connectivity index (χ1n) is 12.1. The lowest BCUT2D eigenvalue weighted by Crippen LogP contribution is -2.55. The van der Waals surface area contributed by atoms with E-state index in [-0.39, 0.29) is 41.4 Å². The van der Waals surface area contributed by atoms with E-state index in [1.807, 2.05) is 30.0 Å². The second-order valence-electron chi connectivity index (χ2n) is 11.0. The minimum atomic E-state index is -0.257. The van der Waals surface area contributed by atoms with Gasteiger partial charge >= 0.3 is 0 Å². The van der Waals surface area contributed by atoms with Crippen LogP contribution >= 0.6 is 0 Å². The number of piperidine rings is 1. The van der Waals surface area contributed by atoms with E-state index >= 15 is 0 Å². The predicted molar refractivity (Wildman–Crippen MR) is 125 cm³/mol. The summed E-state index contributed by atoms with van der Waals surface area (Å²) in [7, 11) is 0. The van der Waals surface area contributed by atoms with Crippen molar-refractivity contribution in [3.05, 3.63) is 29.3 Å². The first kappa shape index (κ1) is 22.2. The Morgan fingerprint density at radius 1 is 1.30 bits per heavy atom. The second kappa shape index (κ2) is 8.30. The van der Waals surface area contributed by atoms with Crippen molar-refractivity contribution in [2.75, 3.05) is 25.0 Å². The maximum absolute atomic E-state index is 12.9. The van der Waals surface area contributed by atoms with E-state index < -0.39 is 0 Å². The Morgan fingerprint density at radius 3 is 2.70 bits per heavy atom. The molecule has 8 heteroatoms. The molecule has 4 atom stereocenters. The minimum Gasteiger partial charge on any atom is -0.368 e. The Bertz CT molecular complexity index is 989. The number of benzene rings is 1. The second-order valence-corrected chi connectivity index (χ2v) is 11.0. The topological polar surface area (TPSA) is 100 Å². The number of nitrogens with zero attached hydrogens (tertiary/aromatic N) is 3. The molecule has 0 radical (unpaired) electrons. The van der Waals surface area contributed by atoms with Gasteiger partial charge in [-0.25, -0.2) is 10.4 Å². The highest BCUT2D eigenvalue weighted by Crippen LogP contribution is 2.41. The largest absolute Gasteiger partial charge is 0.368 e. The van der Waals surface area contributed by atoms with Crippen molar-refractivity contribution in [1.29, 1.82) is 5.26 Å². The molecule has 3 unspecified atom stereocenters. The van der Waals surface area contributed by atoms with Crippen LogP contribution in [0, 0.1) is 35.5 Å². The highest BCUT2D eigenvalue weighted by Gasteiger charge is 2.52. The van der Waals surface area contributed by atoms with Gasteiger partial charge in [-0.05, 0) is 61.3 Å². The smallest absolute Gasteiger partial charge is 0.254 e. The monoisotopic (exact) mass is 450 g/mol. The Kier molecular flexibility index (Phi) is 5.58. The molecule has 0 bridgehead atoms. The summed E-state index contributed by atoms with van der Waals surface area (Å²) in [4.78, 5) is 27.6. The first-order chi connectivity index (χ1) is 15.8. The highest BCUT2D eigenvalue weighted by molar-refractivity contribution is 5.96. The molecule has 3 saturated heterocycles. The number of hydrogen-bond donors (Lipinski definition) is 3. The fourth-order valence-electron chi connectivity index (χ4n) is 5.84. The summed E-state index contributed by atoms with van der Waals surface area (Å²) in [6.07, 6.45) is 3.38. The molecule has 0 aromatic heterocycles. The number of nitrogens with one attached hydrogen (secondary N) is 3. The zero-order valence-electron chi connectivity index (χ0n) is 19.7. The van der Waals surface area contributed by atoms with Crippen LogP contribution in [0.2, 0.25) is 0 Å². The average Bonchev–Trinajstić information content (AvgIpc) is 3.52. The molecule has 2 amide bonds. The molecular weight excluding hydrogens is 416 g/mol. The molecule has 4 fully saturated rings. The van der Waals surface area contributed by atoms with Gasteiger partial charge in [0.2, 0.25) is 5.91 Å². The number of rotatable bonds is 6. The lowest BCUT2D eigenvalue weighted by molar-refractivity contribution is -0.128. The molecule has 1 aliphatic carbocycles. The standard InChI is InChI=1S/C25H34N6O2/c1-15-12-17(6-7-18(15)24(33)30-13-25(2,3)14-30)28-22-21-20(9-11-27-23(21)32)31(29-22)19(8-10-26)16-4-5-16/h6-7,12,16,19-22,28-29H,4-5,8-9,11,13-14H2,1-3H3,(H,27,32)/t19-,20?,21?,22?/m0/s1. The number of nitriles is 1. The summed E-state index contributed by atoms with van der Waals surface area (Å²) in [5, 5.41) is 18.1. The van der Waals surface area contributed by atoms with Crippen LogP contribution in [0.15, 0.2) is 18.2 Å². The number of hydrogen-bond acceptors (Lipinski definition) is 6. The lowest BCUT2D eigenvalue weighted by Gasteiger charge is -2.46. The average molecular weight is 451 g/mol. The molecule has 0 spiro atoms. The molecule has 3 aliphatic heterocycles. The molecule has 3 N–H and O–H groups in total. The van der Waals surface area contributed by atoms with E-state index in [2.05, 4.69) is 41.0 Å². The molecular formula is C25H34N6O2. The highest BCUT2D eigenvalue weighted by atomic mass is 16.2. The van der Waals surface area contributed by atoms with Gasteiger partial charge in [0.1, 0.15) is 6.17 Å². The number of fused-ring (bicyclic) bond motifs is 1. The molecule has 8 nitrogen and oxygen atoms in total. The van der Waals surface area contributed by atoms with E-state index in [0.717, 1.165) is 49.2 Å². The SMILES string of the molecule is Cc1cc(NC2NN([C@@H](CC#N)C3CC3)C3CCNC(=O)C23)ccc1C(=O)N1CC(C)(C)C1. The molecule has 1 aromatic carbocycles. The van der Waals surface area contributed by atoms with Gasteiger partial charge in [0, 0.05) is 43.0 Å². The van der Waals surface area contributed by atoms with Crippen molar-refractivity contribution >= 4 is 17.5 Å². The van der Waals surface area contributed by atoms with Gasteiger partial charge in [0.15, 0.2) is 0 Å². The van der Waals surface area contributed by atoms with Crippen molar-refractivity contribution in [2.45, 2.75) is 64.7 Å². The van der Waals surface area contributed by atoms with Crippen LogP contribution in [-0.2, 0) is 4.79 Å². The molecule has 5 rings (SSSR count). The molecule has 3 heterocycles. The van der Waals surface area contributed by atoms with Crippen LogP contribution in [0.5, 0.6) is 0 Å². The Morgan fingerprint density at radius 2 is 2.06 bits per heavy atom. The molecule has 176 valence electrons. The maximum Gasteiger partial charge on any atom is 0.254 e. The third kappa shape index (κ3) is 4.20. The van der Waals surface area contributed by atoms with Crippen LogP contribution in [-0.4, -0.2) is 59.6 Å². The summed E-state index contributed by atoms with van der Waals surface area (Å²) < 4.78 is 0. The van der Waals surface area contributed by atoms with Crippen LogP contribution in [0.4, 0.5) is 5.69 Å². The number of carbonyl (C=O) groups is 2. The quantitative estimate of drug-likeness (QED) is 0.615. The molecule has 1 aromatic rings. The van der Waals surface area contributed by atoms with E-state index in [4.69, 9.17) is 0 Å². The predicted octanol–water partition coefficient (Wildman–Crippen LogP) is 2.23. The summed E-state index contributed by atoms with van der Waals surface area (Å²) in [6, 6.07) is 8.37. The summed E-state index contributed by atoms with van der Waals surface area (Å²) in [5.41, 5.74) is 6.29. The maximum atomic E-state index is 12.9. The van der Waals surface area contributed by atoms with Crippen molar-refractivity contribution in [2.24, 2.45) is 17.3 Å². The molecule has 33 heavy (non-hydrogen) atoms. The van der Waals surface area contributed by atoms with Crippen molar-refractivity contribution in [3.8, 4) is 6.07 Å². The van der Waals surface area contributed by atoms with Crippen LogP contribution in [0.3, 0.4) is 0 Å². The zero-order valence-corrected chi connectivity index (χ0v) is 19.7. The Hall–Kier alpha value is -2.63. The Labute approximate surface area is 195 Å².